The lowest BCUT2D eigenvalue weighted by molar-refractivity contribution is 0.268. The Morgan fingerprint density at radius 3 is 3.00 bits per heavy atom. The Balaban J connectivity index is 1.99. The molecule has 0 aromatic carbocycles. The number of hydrogen-bond donors (Lipinski definition) is 0. The SMILES string of the molecule is CC1CC2CC(I)=CCC2C1CCCI. The van der Waals surface area contributed by atoms with Gasteiger partial charge in [-0.15, -0.1) is 0 Å². The van der Waals surface area contributed by atoms with E-state index in [1.165, 1.54) is 36.5 Å². The molecular formula is C13H20I2. The van der Waals surface area contributed by atoms with E-state index in [1.807, 2.05) is 0 Å². The van der Waals surface area contributed by atoms with Crippen LogP contribution in [0.15, 0.2) is 9.66 Å². The maximum absolute atomic E-state index is 2.54. The summed E-state index contributed by atoms with van der Waals surface area (Å²) in [7, 11) is 0. The Hall–Kier alpha value is 1.20. The third-order valence-corrected chi connectivity index (χ3v) is 5.94. The van der Waals surface area contributed by atoms with E-state index in [1.54, 1.807) is 3.58 Å². The molecule has 15 heavy (non-hydrogen) atoms. The maximum Gasteiger partial charge on any atom is -0.000462 e. The van der Waals surface area contributed by atoms with Gasteiger partial charge in [0.1, 0.15) is 0 Å². The van der Waals surface area contributed by atoms with Gasteiger partial charge < -0.3 is 0 Å². The van der Waals surface area contributed by atoms with Crippen LogP contribution in [0.25, 0.3) is 0 Å². The summed E-state index contributed by atoms with van der Waals surface area (Å²) in [4.78, 5) is 0. The van der Waals surface area contributed by atoms with Gasteiger partial charge in [-0.1, -0.05) is 35.6 Å². The van der Waals surface area contributed by atoms with Gasteiger partial charge in [-0.3, -0.25) is 0 Å². The summed E-state index contributed by atoms with van der Waals surface area (Å²) in [5.41, 5.74) is 0. The zero-order chi connectivity index (χ0) is 10.8. The van der Waals surface area contributed by atoms with Crippen LogP contribution >= 0.6 is 45.2 Å². The Bertz CT molecular complexity index is 247. The molecule has 4 atom stereocenters. The topological polar surface area (TPSA) is 0 Å². The molecule has 0 radical (unpaired) electrons. The third-order valence-electron chi connectivity index (χ3n) is 4.30. The highest BCUT2D eigenvalue weighted by atomic mass is 127. The zero-order valence-corrected chi connectivity index (χ0v) is 13.7. The number of rotatable bonds is 3. The van der Waals surface area contributed by atoms with Crippen molar-refractivity contribution >= 4 is 45.2 Å². The van der Waals surface area contributed by atoms with E-state index in [0.717, 1.165) is 23.7 Å². The predicted molar refractivity (Wildman–Crippen MR) is 83.7 cm³/mol. The molecule has 2 aliphatic rings. The van der Waals surface area contributed by atoms with E-state index in [0.29, 0.717) is 0 Å². The first-order valence-electron chi connectivity index (χ1n) is 6.13. The van der Waals surface area contributed by atoms with Crippen LogP contribution in [0, 0.1) is 23.7 Å². The maximum atomic E-state index is 2.54. The molecule has 0 saturated heterocycles. The van der Waals surface area contributed by atoms with Crippen LogP contribution in [0.1, 0.15) is 39.0 Å². The van der Waals surface area contributed by atoms with Crippen molar-refractivity contribution in [2.75, 3.05) is 4.43 Å². The largest absolute Gasteiger partial charge is 0.0864 e. The average molecular weight is 430 g/mol. The molecule has 0 N–H and O–H groups in total. The van der Waals surface area contributed by atoms with Gasteiger partial charge in [-0.2, -0.15) is 0 Å². The molecule has 0 nitrogen and oxygen atoms in total. The smallest absolute Gasteiger partial charge is 0.000462 e. The minimum Gasteiger partial charge on any atom is -0.0864 e. The van der Waals surface area contributed by atoms with Crippen LogP contribution in [-0.2, 0) is 0 Å². The lowest BCUT2D eigenvalue weighted by atomic mass is 9.79. The lowest BCUT2D eigenvalue weighted by Crippen LogP contribution is -2.19. The molecule has 0 aromatic heterocycles. The fourth-order valence-electron chi connectivity index (χ4n) is 3.61. The first kappa shape index (κ1) is 12.7. The van der Waals surface area contributed by atoms with Crippen molar-refractivity contribution in [3.63, 3.8) is 0 Å². The fraction of sp³-hybridized carbons (Fsp3) is 0.846. The summed E-state index contributed by atoms with van der Waals surface area (Å²) in [5, 5.41) is 0. The van der Waals surface area contributed by atoms with Gasteiger partial charge in [0, 0.05) is 0 Å². The monoisotopic (exact) mass is 430 g/mol. The van der Waals surface area contributed by atoms with Crippen molar-refractivity contribution in [2.45, 2.75) is 39.0 Å². The first-order valence-corrected chi connectivity index (χ1v) is 8.73. The molecule has 4 unspecified atom stereocenters. The van der Waals surface area contributed by atoms with Gasteiger partial charge >= 0.3 is 0 Å². The van der Waals surface area contributed by atoms with E-state index < -0.39 is 0 Å². The van der Waals surface area contributed by atoms with Crippen LogP contribution in [0.4, 0.5) is 0 Å². The first-order chi connectivity index (χ1) is 7.22. The second-order valence-corrected chi connectivity index (χ2v) is 7.69. The second-order valence-electron chi connectivity index (χ2n) is 5.22. The molecule has 2 aliphatic carbocycles. The predicted octanol–water partition coefficient (Wildman–Crippen LogP) is 5.20. The van der Waals surface area contributed by atoms with Gasteiger partial charge in [-0.05, 0) is 86.4 Å². The van der Waals surface area contributed by atoms with Crippen LogP contribution in [0.3, 0.4) is 0 Å². The highest BCUT2D eigenvalue weighted by Crippen LogP contribution is 2.50. The Morgan fingerprint density at radius 2 is 2.27 bits per heavy atom. The summed E-state index contributed by atoms with van der Waals surface area (Å²) in [5.74, 6) is 4.07. The van der Waals surface area contributed by atoms with E-state index in [2.05, 4.69) is 58.2 Å². The zero-order valence-electron chi connectivity index (χ0n) is 9.39. The third kappa shape index (κ3) is 2.90. The number of alkyl halides is 1. The van der Waals surface area contributed by atoms with Gasteiger partial charge in [0.05, 0.1) is 0 Å². The minimum absolute atomic E-state index is 0.985. The van der Waals surface area contributed by atoms with Crippen LogP contribution in [0.5, 0.6) is 0 Å². The summed E-state index contributed by atoms with van der Waals surface area (Å²) in [6.45, 7) is 2.49. The lowest BCUT2D eigenvalue weighted by Gasteiger charge is -2.28. The number of fused-ring (bicyclic) bond motifs is 1. The Kier molecular flexibility index (Phi) is 4.80. The number of allylic oxidation sites excluding steroid dienone is 2. The normalized spacial score (nSPS) is 40.1. The molecule has 0 aliphatic heterocycles. The van der Waals surface area contributed by atoms with Crippen molar-refractivity contribution in [3.8, 4) is 0 Å². The van der Waals surface area contributed by atoms with Gasteiger partial charge in [0.25, 0.3) is 0 Å². The molecule has 0 aromatic rings. The van der Waals surface area contributed by atoms with Crippen LogP contribution in [0.2, 0.25) is 0 Å². The highest BCUT2D eigenvalue weighted by molar-refractivity contribution is 14.1. The molecule has 2 rings (SSSR count). The van der Waals surface area contributed by atoms with Crippen LogP contribution < -0.4 is 0 Å². The molecule has 1 saturated carbocycles. The van der Waals surface area contributed by atoms with Crippen molar-refractivity contribution in [3.05, 3.63) is 9.66 Å². The molecule has 2 heteroatoms. The van der Waals surface area contributed by atoms with E-state index in [4.69, 9.17) is 0 Å². The summed E-state index contributed by atoms with van der Waals surface area (Å²) < 4.78 is 2.96. The molecule has 0 spiro atoms. The molecule has 0 heterocycles. The van der Waals surface area contributed by atoms with Gasteiger partial charge in [0.2, 0.25) is 0 Å². The van der Waals surface area contributed by atoms with Crippen molar-refractivity contribution in [1.29, 1.82) is 0 Å². The standard InChI is InChI=1S/C13H20I2/c1-9-7-10-8-11(15)4-5-13(10)12(9)3-2-6-14/h4,9-10,12-13H,2-3,5-8H2,1H3. The summed E-state index contributed by atoms with van der Waals surface area (Å²) >= 11 is 5.05. The van der Waals surface area contributed by atoms with Crippen molar-refractivity contribution in [2.24, 2.45) is 23.7 Å². The summed E-state index contributed by atoms with van der Waals surface area (Å²) in [6, 6.07) is 0. The Labute approximate surface area is 121 Å². The molecular weight excluding hydrogens is 410 g/mol. The van der Waals surface area contributed by atoms with Gasteiger partial charge in [0.15, 0.2) is 0 Å². The van der Waals surface area contributed by atoms with Crippen molar-refractivity contribution < 1.29 is 0 Å². The minimum atomic E-state index is 0.985. The average Bonchev–Trinajstić information content (AvgIpc) is 2.50. The van der Waals surface area contributed by atoms with E-state index in [9.17, 15) is 0 Å². The second kappa shape index (κ2) is 5.69. The van der Waals surface area contributed by atoms with E-state index >= 15 is 0 Å². The molecule has 0 amide bonds. The highest BCUT2D eigenvalue weighted by Gasteiger charge is 2.41. The van der Waals surface area contributed by atoms with Crippen molar-refractivity contribution in [1.82, 2.24) is 0 Å². The Morgan fingerprint density at radius 1 is 1.47 bits per heavy atom. The molecule has 1 fully saturated rings. The van der Waals surface area contributed by atoms with Crippen LogP contribution in [-0.4, -0.2) is 4.43 Å². The fourth-order valence-corrected chi connectivity index (χ4v) is 4.87. The molecule has 86 valence electrons. The number of halogens is 2. The molecule has 0 bridgehead atoms. The van der Waals surface area contributed by atoms with E-state index in [-0.39, 0.29) is 0 Å². The summed E-state index contributed by atoms with van der Waals surface area (Å²) in [6.07, 6.45) is 9.67. The quantitative estimate of drug-likeness (QED) is 0.427. The number of hydrogen-bond acceptors (Lipinski definition) is 0. The van der Waals surface area contributed by atoms with Gasteiger partial charge in [-0.25, -0.2) is 0 Å².